The lowest BCUT2D eigenvalue weighted by atomic mass is 10.0. The fourth-order valence-electron chi connectivity index (χ4n) is 3.30. The van der Waals surface area contributed by atoms with Gasteiger partial charge in [-0.25, -0.2) is 14.2 Å². The molecule has 134 valence electrons. The van der Waals surface area contributed by atoms with E-state index in [9.17, 15) is 19.1 Å². The molecule has 0 bridgehead atoms. The number of carboxylic acid groups (broad SMARTS) is 1. The Kier molecular flexibility index (Phi) is 4.47. The first kappa shape index (κ1) is 17.3. The molecule has 3 N–H and O–H groups in total. The van der Waals surface area contributed by atoms with Crippen LogP contribution in [-0.2, 0) is 6.54 Å². The number of aromatic nitrogens is 2. The molecule has 0 radical (unpaired) electrons. The summed E-state index contributed by atoms with van der Waals surface area (Å²) >= 11 is 0. The zero-order valence-electron chi connectivity index (χ0n) is 14.2. The number of nitrogens with two attached hydrogens (primary N) is 1. The number of hydrogen-bond donors (Lipinski definition) is 2. The summed E-state index contributed by atoms with van der Waals surface area (Å²) in [6, 6.07) is 1.11. The summed E-state index contributed by atoms with van der Waals surface area (Å²) in [6.45, 7) is 5.40. The number of rotatable bonds is 4. The first-order valence-electron chi connectivity index (χ1n) is 8.31. The third kappa shape index (κ3) is 2.97. The van der Waals surface area contributed by atoms with Gasteiger partial charge >= 0.3 is 5.97 Å². The Morgan fingerprint density at radius 1 is 1.56 bits per heavy atom. The monoisotopic (exact) mass is 348 g/mol. The van der Waals surface area contributed by atoms with Gasteiger partial charge < -0.3 is 20.3 Å². The van der Waals surface area contributed by atoms with E-state index in [-0.39, 0.29) is 34.4 Å². The van der Waals surface area contributed by atoms with Gasteiger partial charge in [0, 0.05) is 31.9 Å². The molecule has 1 fully saturated rings. The smallest absolute Gasteiger partial charge is 0.341 e. The number of nitrogens with zero attached hydrogens (tertiary/aromatic N) is 3. The average molecular weight is 348 g/mol. The van der Waals surface area contributed by atoms with Gasteiger partial charge in [0.15, 0.2) is 11.6 Å². The van der Waals surface area contributed by atoms with Gasteiger partial charge in [0.05, 0.1) is 5.39 Å². The first-order chi connectivity index (χ1) is 11.8. The highest BCUT2D eigenvalue weighted by Crippen LogP contribution is 2.27. The number of carboxylic acids is 1. The minimum Gasteiger partial charge on any atom is -0.477 e. The van der Waals surface area contributed by atoms with E-state index in [1.165, 1.54) is 6.20 Å². The van der Waals surface area contributed by atoms with Crippen LogP contribution in [0.15, 0.2) is 17.1 Å². The van der Waals surface area contributed by atoms with Crippen LogP contribution < -0.4 is 16.1 Å². The van der Waals surface area contributed by atoms with Gasteiger partial charge in [-0.05, 0) is 32.3 Å². The number of aromatic carboxylic acids is 1. The van der Waals surface area contributed by atoms with Gasteiger partial charge in [-0.3, -0.25) is 4.79 Å². The molecule has 2 atom stereocenters. The lowest BCUT2D eigenvalue weighted by Gasteiger charge is -2.20. The molecule has 3 rings (SSSR count). The summed E-state index contributed by atoms with van der Waals surface area (Å²) in [5.41, 5.74) is 5.12. The number of aryl methyl sites for hydroxylation is 1. The van der Waals surface area contributed by atoms with Crippen molar-refractivity contribution in [1.29, 1.82) is 0 Å². The maximum Gasteiger partial charge on any atom is 0.341 e. The topological polar surface area (TPSA) is 101 Å². The molecule has 0 amide bonds. The second kappa shape index (κ2) is 6.44. The number of carbonyl (C=O) groups is 1. The van der Waals surface area contributed by atoms with Crippen molar-refractivity contribution in [2.45, 2.75) is 32.9 Å². The van der Waals surface area contributed by atoms with Crippen molar-refractivity contribution in [3.63, 3.8) is 0 Å². The quantitative estimate of drug-likeness (QED) is 0.867. The molecular formula is C17H21FN4O3. The first-order valence-corrected chi connectivity index (χ1v) is 8.31. The van der Waals surface area contributed by atoms with Gasteiger partial charge in [0.1, 0.15) is 11.2 Å². The molecule has 2 unspecified atom stereocenters. The van der Waals surface area contributed by atoms with Crippen LogP contribution in [0, 0.1) is 11.7 Å². The Morgan fingerprint density at radius 2 is 2.28 bits per heavy atom. The summed E-state index contributed by atoms with van der Waals surface area (Å²) in [7, 11) is 0. The summed E-state index contributed by atoms with van der Waals surface area (Å²) in [5.74, 6) is -1.52. The van der Waals surface area contributed by atoms with Crippen LogP contribution in [-0.4, -0.2) is 39.8 Å². The molecule has 7 nitrogen and oxygen atoms in total. The van der Waals surface area contributed by atoms with Gasteiger partial charge in [-0.1, -0.05) is 0 Å². The standard InChI is InChI=1S/C17H21FN4O3/c1-3-21-8-12(17(24)25)14(23)11-6-13(18)16(20-15(11)21)22-5-4-10(7-22)9(2)19/h6,8-10H,3-5,7,19H2,1-2H3,(H,24,25). The lowest BCUT2D eigenvalue weighted by Crippen LogP contribution is -2.30. The molecule has 0 spiro atoms. The van der Waals surface area contributed by atoms with Crippen LogP contribution in [0.1, 0.15) is 30.6 Å². The van der Waals surface area contributed by atoms with E-state index >= 15 is 0 Å². The van der Waals surface area contributed by atoms with E-state index in [1.807, 2.05) is 18.7 Å². The van der Waals surface area contributed by atoms with Crippen LogP contribution in [0.4, 0.5) is 10.2 Å². The SMILES string of the molecule is CCn1cc(C(=O)O)c(=O)c2cc(F)c(N3CCC(C(C)N)C3)nc21. The molecule has 8 heteroatoms. The van der Waals surface area contributed by atoms with Crippen LogP contribution in [0.25, 0.3) is 11.0 Å². The predicted molar refractivity (Wildman–Crippen MR) is 92.6 cm³/mol. The predicted octanol–water partition coefficient (Wildman–Crippen LogP) is 1.43. The van der Waals surface area contributed by atoms with Gasteiger partial charge in [0.25, 0.3) is 0 Å². The van der Waals surface area contributed by atoms with Gasteiger partial charge in [0.2, 0.25) is 5.43 Å². The van der Waals surface area contributed by atoms with E-state index in [0.29, 0.717) is 19.6 Å². The molecule has 25 heavy (non-hydrogen) atoms. The minimum absolute atomic E-state index is 0.0143. The zero-order chi connectivity index (χ0) is 18.3. The molecule has 0 aromatic carbocycles. The number of pyridine rings is 2. The van der Waals surface area contributed by atoms with E-state index in [1.54, 1.807) is 4.57 Å². The number of fused-ring (bicyclic) bond motifs is 1. The third-order valence-electron chi connectivity index (χ3n) is 4.82. The second-order valence-corrected chi connectivity index (χ2v) is 6.48. The molecule has 1 aliphatic heterocycles. The summed E-state index contributed by atoms with van der Waals surface area (Å²) in [4.78, 5) is 29.8. The van der Waals surface area contributed by atoms with Crippen LogP contribution in [0.5, 0.6) is 0 Å². The Hall–Kier alpha value is -2.48. The molecule has 2 aromatic heterocycles. The van der Waals surface area contributed by atoms with Crippen molar-refractivity contribution in [2.75, 3.05) is 18.0 Å². The van der Waals surface area contributed by atoms with Crippen LogP contribution in [0.3, 0.4) is 0 Å². The number of hydrogen-bond acceptors (Lipinski definition) is 5. The lowest BCUT2D eigenvalue weighted by molar-refractivity contribution is 0.0695. The fourth-order valence-corrected chi connectivity index (χ4v) is 3.30. The second-order valence-electron chi connectivity index (χ2n) is 6.48. The molecule has 0 saturated carbocycles. The minimum atomic E-state index is -1.34. The molecule has 3 heterocycles. The van der Waals surface area contributed by atoms with Crippen molar-refractivity contribution in [3.05, 3.63) is 33.9 Å². The fraction of sp³-hybridized carbons (Fsp3) is 0.471. The van der Waals surface area contributed by atoms with E-state index in [0.717, 1.165) is 12.5 Å². The van der Waals surface area contributed by atoms with E-state index in [4.69, 9.17) is 5.73 Å². The Bertz CT molecular complexity index is 894. The van der Waals surface area contributed by atoms with E-state index < -0.39 is 17.2 Å². The van der Waals surface area contributed by atoms with Crippen molar-refractivity contribution >= 4 is 22.8 Å². The Morgan fingerprint density at radius 3 is 2.84 bits per heavy atom. The molecule has 1 saturated heterocycles. The highest BCUT2D eigenvalue weighted by molar-refractivity contribution is 5.92. The van der Waals surface area contributed by atoms with Gasteiger partial charge in [-0.2, -0.15) is 0 Å². The van der Waals surface area contributed by atoms with Crippen LogP contribution in [0.2, 0.25) is 0 Å². The maximum atomic E-state index is 14.6. The zero-order valence-corrected chi connectivity index (χ0v) is 14.2. The van der Waals surface area contributed by atoms with E-state index in [2.05, 4.69) is 4.98 Å². The highest BCUT2D eigenvalue weighted by Gasteiger charge is 2.28. The average Bonchev–Trinajstić information content (AvgIpc) is 3.05. The van der Waals surface area contributed by atoms with Crippen molar-refractivity contribution in [1.82, 2.24) is 9.55 Å². The van der Waals surface area contributed by atoms with Crippen molar-refractivity contribution in [3.8, 4) is 0 Å². The normalized spacial score (nSPS) is 18.7. The summed E-state index contributed by atoms with van der Waals surface area (Å²) in [5, 5.41) is 9.15. The number of anilines is 1. The third-order valence-corrected chi connectivity index (χ3v) is 4.82. The Labute approximate surface area is 143 Å². The molecular weight excluding hydrogens is 327 g/mol. The molecule has 2 aromatic rings. The largest absolute Gasteiger partial charge is 0.477 e. The highest BCUT2D eigenvalue weighted by atomic mass is 19.1. The summed E-state index contributed by atoms with van der Waals surface area (Å²) in [6.07, 6.45) is 2.12. The maximum absolute atomic E-state index is 14.6. The van der Waals surface area contributed by atoms with Gasteiger partial charge in [-0.15, -0.1) is 0 Å². The summed E-state index contributed by atoms with van der Waals surface area (Å²) < 4.78 is 16.2. The number of halogens is 1. The molecule has 0 aliphatic carbocycles. The van der Waals surface area contributed by atoms with Crippen molar-refractivity contribution in [2.24, 2.45) is 11.7 Å². The van der Waals surface area contributed by atoms with Crippen molar-refractivity contribution < 1.29 is 14.3 Å². The van der Waals surface area contributed by atoms with Crippen LogP contribution >= 0.6 is 0 Å². The Balaban J connectivity index is 2.15. The molecule has 1 aliphatic rings.